The highest BCUT2D eigenvalue weighted by molar-refractivity contribution is 8.00. The van der Waals surface area contributed by atoms with Crippen LogP contribution in [0.1, 0.15) is 37.0 Å². The predicted molar refractivity (Wildman–Crippen MR) is 132 cm³/mol. The van der Waals surface area contributed by atoms with Crippen LogP contribution in [0.4, 0.5) is 8.78 Å². The van der Waals surface area contributed by atoms with Crippen LogP contribution < -0.4 is 10.1 Å². The first-order valence-corrected chi connectivity index (χ1v) is 13.1. The molecule has 2 aliphatic rings. The van der Waals surface area contributed by atoms with Crippen LogP contribution in [-0.2, 0) is 6.42 Å². The number of thioether (sulfide) groups is 1. The van der Waals surface area contributed by atoms with Gasteiger partial charge in [-0.1, -0.05) is 18.2 Å². The van der Waals surface area contributed by atoms with Crippen molar-refractivity contribution in [3.05, 3.63) is 69.4 Å². The van der Waals surface area contributed by atoms with E-state index in [1.54, 1.807) is 35.7 Å². The Morgan fingerprint density at radius 2 is 2.03 bits per heavy atom. The van der Waals surface area contributed by atoms with Crippen molar-refractivity contribution in [2.75, 3.05) is 25.4 Å². The lowest BCUT2D eigenvalue weighted by atomic mass is 10.0. The second kappa shape index (κ2) is 9.58. The number of halogens is 2. The summed E-state index contributed by atoms with van der Waals surface area (Å²) in [6.45, 7) is 4.50. The van der Waals surface area contributed by atoms with Crippen LogP contribution in [0.2, 0.25) is 0 Å². The Morgan fingerprint density at radius 1 is 1.20 bits per heavy atom. The number of hydrogen-bond acceptors (Lipinski definition) is 6. The minimum absolute atomic E-state index is 0.0268. The van der Waals surface area contributed by atoms with Crippen LogP contribution in [-0.4, -0.2) is 52.5 Å². The summed E-state index contributed by atoms with van der Waals surface area (Å²) in [6, 6.07) is 8.39. The van der Waals surface area contributed by atoms with Gasteiger partial charge in [-0.3, -0.25) is 9.59 Å². The lowest BCUT2D eigenvalue weighted by Gasteiger charge is -2.24. The maximum absolute atomic E-state index is 14.7. The molecular formula is C25H23F2N3O3S2. The number of thiazole rings is 1. The van der Waals surface area contributed by atoms with Gasteiger partial charge in [0.05, 0.1) is 21.9 Å². The third-order valence-corrected chi connectivity index (χ3v) is 8.36. The first kappa shape index (κ1) is 23.7. The molecule has 0 bridgehead atoms. The van der Waals surface area contributed by atoms with Crippen LogP contribution in [0.25, 0.3) is 10.4 Å². The standard InChI is InChI=1S/C25H23F2N3O3S2/c1-13-6-7-17(21(27)20(13)26)23-22(29-14(2)35-23)25(32)30-9-11-34-19(30)12-28-24(31)16-4-3-5-18-15(16)8-10-33-18/h3-7,19H,8-12H2,1-2H3,(H,28,31). The SMILES string of the molecule is Cc1nc(C(=O)N2CCSC2CNC(=O)c2cccc3c2CCO3)c(-c2ccc(C)c(F)c2F)s1. The zero-order valence-corrected chi connectivity index (χ0v) is 20.8. The largest absolute Gasteiger partial charge is 0.493 e. The van der Waals surface area contributed by atoms with E-state index in [1.165, 1.54) is 19.1 Å². The number of aromatic nitrogens is 1. The third kappa shape index (κ3) is 4.40. The summed E-state index contributed by atoms with van der Waals surface area (Å²) in [6.07, 6.45) is 0.684. The molecule has 1 unspecified atom stereocenters. The second-order valence-electron chi connectivity index (χ2n) is 8.38. The van der Waals surface area contributed by atoms with Crippen molar-refractivity contribution >= 4 is 34.9 Å². The van der Waals surface area contributed by atoms with Gasteiger partial charge in [-0.2, -0.15) is 0 Å². The van der Waals surface area contributed by atoms with E-state index in [0.717, 1.165) is 22.6 Å². The first-order chi connectivity index (χ1) is 16.8. The Kier molecular flexibility index (Phi) is 6.50. The minimum atomic E-state index is -0.985. The average Bonchev–Trinajstić information content (AvgIpc) is 3.60. The zero-order valence-electron chi connectivity index (χ0n) is 19.2. The molecule has 0 saturated carbocycles. The van der Waals surface area contributed by atoms with E-state index in [1.807, 2.05) is 6.07 Å². The molecule has 6 nitrogen and oxygen atoms in total. The van der Waals surface area contributed by atoms with Crippen LogP contribution >= 0.6 is 23.1 Å². The Hall–Kier alpha value is -2.98. The van der Waals surface area contributed by atoms with Crippen molar-refractivity contribution < 1.29 is 23.1 Å². The number of ether oxygens (including phenoxy) is 1. The molecule has 5 rings (SSSR count). The van der Waals surface area contributed by atoms with Gasteiger partial charge in [0.2, 0.25) is 0 Å². The Bertz CT molecular complexity index is 1330. The Morgan fingerprint density at radius 3 is 2.86 bits per heavy atom. The summed E-state index contributed by atoms with van der Waals surface area (Å²) in [5, 5.41) is 3.23. The molecule has 182 valence electrons. The van der Waals surface area contributed by atoms with Gasteiger partial charge in [0, 0.05) is 42.0 Å². The first-order valence-electron chi connectivity index (χ1n) is 11.2. The summed E-state index contributed by atoms with van der Waals surface area (Å²) in [7, 11) is 0. The minimum Gasteiger partial charge on any atom is -0.493 e. The lowest BCUT2D eigenvalue weighted by molar-refractivity contribution is 0.0747. The topological polar surface area (TPSA) is 71.5 Å². The number of carbonyl (C=O) groups is 2. The fraction of sp³-hybridized carbons (Fsp3) is 0.320. The van der Waals surface area contributed by atoms with Gasteiger partial charge in [-0.15, -0.1) is 23.1 Å². The molecular weight excluding hydrogens is 492 g/mol. The number of fused-ring (bicyclic) bond motifs is 1. The number of hydrogen-bond donors (Lipinski definition) is 1. The van der Waals surface area contributed by atoms with Crippen molar-refractivity contribution in [2.45, 2.75) is 25.6 Å². The highest BCUT2D eigenvalue weighted by atomic mass is 32.2. The molecule has 10 heteroatoms. The number of benzene rings is 2. The van der Waals surface area contributed by atoms with Gasteiger partial charge in [-0.25, -0.2) is 13.8 Å². The quantitative estimate of drug-likeness (QED) is 0.539. The maximum Gasteiger partial charge on any atom is 0.274 e. The molecule has 2 aliphatic heterocycles. The number of aryl methyl sites for hydroxylation is 2. The number of rotatable bonds is 5. The number of nitrogens with one attached hydrogen (secondary N) is 1. The molecule has 3 aromatic rings. The van der Waals surface area contributed by atoms with Gasteiger partial charge < -0.3 is 15.0 Å². The van der Waals surface area contributed by atoms with E-state index in [9.17, 15) is 18.4 Å². The summed E-state index contributed by atoms with van der Waals surface area (Å²) in [4.78, 5) is 32.7. The molecule has 3 heterocycles. The fourth-order valence-electron chi connectivity index (χ4n) is 4.34. The van der Waals surface area contributed by atoms with Gasteiger partial charge >= 0.3 is 0 Å². The van der Waals surface area contributed by atoms with E-state index in [4.69, 9.17) is 4.74 Å². The van der Waals surface area contributed by atoms with Gasteiger partial charge in [0.15, 0.2) is 11.6 Å². The second-order valence-corrected chi connectivity index (χ2v) is 10.9. The molecule has 2 aromatic carbocycles. The number of nitrogens with zero attached hydrogens (tertiary/aromatic N) is 2. The molecule has 0 spiro atoms. The van der Waals surface area contributed by atoms with E-state index < -0.39 is 11.6 Å². The summed E-state index contributed by atoms with van der Waals surface area (Å²) >= 11 is 2.72. The van der Waals surface area contributed by atoms with E-state index in [2.05, 4.69) is 10.3 Å². The Labute approximate surface area is 209 Å². The molecule has 1 aromatic heterocycles. The summed E-state index contributed by atoms with van der Waals surface area (Å²) < 4.78 is 34.5. The molecule has 1 fully saturated rings. The van der Waals surface area contributed by atoms with Crippen LogP contribution in [0.3, 0.4) is 0 Å². The van der Waals surface area contributed by atoms with E-state index in [0.29, 0.717) is 40.8 Å². The third-order valence-electron chi connectivity index (χ3n) is 6.13. The Balaban J connectivity index is 1.35. The van der Waals surface area contributed by atoms with E-state index >= 15 is 0 Å². The smallest absolute Gasteiger partial charge is 0.274 e. The fourth-order valence-corrected chi connectivity index (χ4v) is 6.43. The van der Waals surface area contributed by atoms with Crippen molar-refractivity contribution in [3.8, 4) is 16.2 Å². The monoisotopic (exact) mass is 515 g/mol. The molecule has 0 radical (unpaired) electrons. The lowest BCUT2D eigenvalue weighted by Crippen LogP contribution is -2.42. The van der Waals surface area contributed by atoms with Gasteiger partial charge in [-0.05, 0) is 31.5 Å². The van der Waals surface area contributed by atoms with Gasteiger partial charge in [0.25, 0.3) is 11.8 Å². The highest BCUT2D eigenvalue weighted by Gasteiger charge is 2.34. The summed E-state index contributed by atoms with van der Waals surface area (Å²) in [5.41, 5.74) is 1.80. The molecule has 2 amide bonds. The van der Waals surface area contributed by atoms with Crippen molar-refractivity contribution in [3.63, 3.8) is 0 Å². The summed E-state index contributed by atoms with van der Waals surface area (Å²) in [5.74, 6) is -1.05. The van der Waals surface area contributed by atoms with Crippen molar-refractivity contribution in [1.29, 1.82) is 0 Å². The van der Waals surface area contributed by atoms with Crippen molar-refractivity contribution in [2.24, 2.45) is 0 Å². The molecule has 1 atom stereocenters. The van der Waals surface area contributed by atoms with Crippen molar-refractivity contribution in [1.82, 2.24) is 15.2 Å². The molecule has 1 saturated heterocycles. The van der Waals surface area contributed by atoms with Gasteiger partial charge in [0.1, 0.15) is 11.4 Å². The molecule has 0 aliphatic carbocycles. The number of amides is 2. The average molecular weight is 516 g/mol. The zero-order chi connectivity index (χ0) is 24.7. The normalized spacial score (nSPS) is 16.8. The molecule has 1 N–H and O–H groups in total. The van der Waals surface area contributed by atoms with Crippen LogP contribution in [0.5, 0.6) is 5.75 Å². The maximum atomic E-state index is 14.7. The number of carbonyl (C=O) groups excluding carboxylic acids is 2. The van der Waals surface area contributed by atoms with Crippen LogP contribution in [0.15, 0.2) is 30.3 Å². The highest BCUT2D eigenvalue weighted by Crippen LogP contribution is 2.36. The predicted octanol–water partition coefficient (Wildman–Crippen LogP) is 4.59. The van der Waals surface area contributed by atoms with Crippen LogP contribution in [0, 0.1) is 25.5 Å². The molecule has 35 heavy (non-hydrogen) atoms. The van der Waals surface area contributed by atoms with E-state index in [-0.39, 0.29) is 40.6 Å².